The van der Waals surface area contributed by atoms with Gasteiger partial charge in [-0.2, -0.15) is 0 Å². The third kappa shape index (κ3) is 4.43. The average Bonchev–Trinajstić information content (AvgIpc) is 3.13. The number of nitrogens with zero attached hydrogens (tertiary/aromatic N) is 1. The minimum atomic E-state index is -0.451. The molecule has 0 saturated heterocycles. The first-order chi connectivity index (χ1) is 14.4. The molecule has 0 atom stereocenters. The first-order valence-electron chi connectivity index (χ1n) is 8.63. The molecule has 0 radical (unpaired) electrons. The Morgan fingerprint density at radius 1 is 1.03 bits per heavy atom. The molecule has 5 nitrogen and oxygen atoms in total. The molecule has 1 amide bonds. The van der Waals surface area contributed by atoms with Crippen LogP contribution in [0.5, 0.6) is 0 Å². The summed E-state index contributed by atoms with van der Waals surface area (Å²) >= 11 is 17.4. The van der Waals surface area contributed by atoms with Gasteiger partial charge in [0.1, 0.15) is 11.3 Å². The van der Waals surface area contributed by atoms with Crippen LogP contribution in [0.3, 0.4) is 0 Å². The third-order valence-electron chi connectivity index (χ3n) is 4.14. The van der Waals surface area contributed by atoms with E-state index in [1.54, 1.807) is 36.4 Å². The summed E-state index contributed by atoms with van der Waals surface area (Å²) in [5, 5.41) is 6.52. The van der Waals surface area contributed by atoms with E-state index in [-0.39, 0.29) is 10.7 Å². The van der Waals surface area contributed by atoms with Gasteiger partial charge >= 0.3 is 0 Å². The van der Waals surface area contributed by atoms with E-state index in [0.29, 0.717) is 38.3 Å². The van der Waals surface area contributed by atoms with Gasteiger partial charge in [-0.1, -0.05) is 23.2 Å². The fraction of sp³-hybridized carbons (Fsp3) is 0. The summed E-state index contributed by atoms with van der Waals surface area (Å²) in [6.07, 6.45) is 0. The molecular weight excluding hydrogens is 448 g/mol. The van der Waals surface area contributed by atoms with Gasteiger partial charge in [0, 0.05) is 16.3 Å². The van der Waals surface area contributed by atoms with Crippen molar-refractivity contribution in [2.75, 3.05) is 5.32 Å². The predicted molar refractivity (Wildman–Crippen MR) is 120 cm³/mol. The Labute approximate surface area is 185 Å². The smallest absolute Gasteiger partial charge is 0.257 e. The summed E-state index contributed by atoms with van der Waals surface area (Å²) in [5.41, 5.74) is 2.59. The molecule has 0 fully saturated rings. The lowest BCUT2D eigenvalue weighted by Crippen LogP contribution is -2.34. The zero-order chi connectivity index (χ0) is 21.3. The minimum Gasteiger partial charge on any atom is -0.436 e. The maximum absolute atomic E-state index is 13.0. The molecule has 0 aliphatic heterocycles. The quantitative estimate of drug-likeness (QED) is 0.364. The second-order valence-electron chi connectivity index (χ2n) is 6.24. The zero-order valence-electron chi connectivity index (χ0n) is 15.1. The van der Waals surface area contributed by atoms with E-state index in [1.807, 2.05) is 0 Å². The first kappa shape index (κ1) is 20.3. The molecule has 30 heavy (non-hydrogen) atoms. The topological polar surface area (TPSA) is 67.2 Å². The van der Waals surface area contributed by atoms with Crippen LogP contribution in [0, 0.1) is 5.82 Å². The minimum absolute atomic E-state index is 0.0882. The van der Waals surface area contributed by atoms with Crippen LogP contribution in [-0.4, -0.2) is 16.0 Å². The Hall–Kier alpha value is -3.00. The van der Waals surface area contributed by atoms with Crippen molar-refractivity contribution in [2.24, 2.45) is 0 Å². The second kappa shape index (κ2) is 8.39. The van der Waals surface area contributed by atoms with Crippen molar-refractivity contribution in [3.05, 3.63) is 82.1 Å². The van der Waals surface area contributed by atoms with Crippen LogP contribution in [0.15, 0.2) is 65.1 Å². The van der Waals surface area contributed by atoms with Crippen LogP contribution in [0.4, 0.5) is 10.1 Å². The Bertz CT molecular complexity index is 1280. The lowest BCUT2D eigenvalue weighted by atomic mass is 10.2. The van der Waals surface area contributed by atoms with Gasteiger partial charge in [0.25, 0.3) is 5.91 Å². The van der Waals surface area contributed by atoms with Gasteiger partial charge in [-0.25, -0.2) is 9.37 Å². The molecule has 3 aromatic carbocycles. The van der Waals surface area contributed by atoms with E-state index in [9.17, 15) is 9.18 Å². The molecule has 1 aromatic heterocycles. The number of amides is 1. The normalized spacial score (nSPS) is 10.8. The van der Waals surface area contributed by atoms with E-state index >= 15 is 0 Å². The molecule has 0 spiro atoms. The fourth-order valence-corrected chi connectivity index (χ4v) is 3.30. The number of nitrogens with one attached hydrogen (secondary N) is 2. The van der Waals surface area contributed by atoms with Crippen LogP contribution >= 0.6 is 35.4 Å². The number of aromatic nitrogens is 1. The molecule has 0 unspecified atom stereocenters. The summed E-state index contributed by atoms with van der Waals surface area (Å²) in [5.74, 6) is -0.540. The van der Waals surface area contributed by atoms with Gasteiger partial charge in [-0.05, 0) is 72.9 Å². The Morgan fingerprint density at radius 2 is 1.80 bits per heavy atom. The van der Waals surface area contributed by atoms with Crippen LogP contribution in [-0.2, 0) is 0 Å². The maximum atomic E-state index is 13.0. The van der Waals surface area contributed by atoms with Gasteiger partial charge in [0.15, 0.2) is 10.7 Å². The second-order valence-corrected chi connectivity index (χ2v) is 7.49. The summed E-state index contributed by atoms with van der Waals surface area (Å²) in [6.45, 7) is 0. The Kier molecular flexibility index (Phi) is 5.67. The molecule has 0 aliphatic rings. The van der Waals surface area contributed by atoms with E-state index in [4.69, 9.17) is 39.8 Å². The van der Waals surface area contributed by atoms with Gasteiger partial charge in [0.2, 0.25) is 5.89 Å². The highest BCUT2D eigenvalue weighted by Crippen LogP contribution is 2.32. The maximum Gasteiger partial charge on any atom is 0.257 e. The lowest BCUT2D eigenvalue weighted by molar-refractivity contribution is 0.0977. The number of thiocarbonyl (C=S) groups is 1. The van der Waals surface area contributed by atoms with Crippen LogP contribution in [0.1, 0.15) is 10.4 Å². The Balaban J connectivity index is 1.51. The molecule has 150 valence electrons. The number of oxazole rings is 1. The summed E-state index contributed by atoms with van der Waals surface area (Å²) < 4.78 is 18.7. The standard InChI is InChI=1S/C21H12Cl2FN3O2S/c22-12-3-7-16(23)15(9-12)20-26-17-10-14(6-8-18(17)29-20)25-21(30)27-19(28)11-1-4-13(24)5-2-11/h1-10H,(H2,25,27,28,30). The number of carbonyl (C=O) groups excluding carboxylic acids is 1. The summed E-state index contributed by atoms with van der Waals surface area (Å²) in [6, 6.07) is 15.3. The van der Waals surface area contributed by atoms with E-state index < -0.39 is 11.7 Å². The van der Waals surface area contributed by atoms with Gasteiger partial charge in [-0.3, -0.25) is 10.1 Å². The highest BCUT2D eigenvalue weighted by Gasteiger charge is 2.14. The van der Waals surface area contributed by atoms with Crippen molar-refractivity contribution >= 4 is 63.2 Å². The van der Waals surface area contributed by atoms with E-state index in [1.165, 1.54) is 24.3 Å². The number of fused-ring (bicyclic) bond motifs is 1. The van der Waals surface area contributed by atoms with Crippen LogP contribution < -0.4 is 10.6 Å². The average molecular weight is 460 g/mol. The summed E-state index contributed by atoms with van der Waals surface area (Å²) in [7, 11) is 0. The Morgan fingerprint density at radius 3 is 2.57 bits per heavy atom. The first-order valence-corrected chi connectivity index (χ1v) is 9.79. The lowest BCUT2D eigenvalue weighted by Gasteiger charge is -2.09. The molecule has 2 N–H and O–H groups in total. The monoisotopic (exact) mass is 459 g/mol. The van der Waals surface area contributed by atoms with Crippen molar-refractivity contribution in [3.8, 4) is 11.5 Å². The van der Waals surface area contributed by atoms with E-state index in [0.717, 1.165) is 0 Å². The highest BCUT2D eigenvalue weighted by molar-refractivity contribution is 7.80. The molecule has 4 rings (SSSR count). The number of anilines is 1. The molecule has 0 bridgehead atoms. The van der Waals surface area contributed by atoms with Crippen molar-refractivity contribution < 1.29 is 13.6 Å². The summed E-state index contributed by atoms with van der Waals surface area (Å²) in [4.78, 5) is 16.6. The third-order valence-corrected chi connectivity index (χ3v) is 4.91. The largest absolute Gasteiger partial charge is 0.436 e. The van der Waals surface area contributed by atoms with Crippen molar-refractivity contribution in [1.29, 1.82) is 0 Å². The number of hydrogen-bond acceptors (Lipinski definition) is 4. The van der Waals surface area contributed by atoms with Crippen molar-refractivity contribution in [1.82, 2.24) is 10.3 Å². The zero-order valence-corrected chi connectivity index (χ0v) is 17.4. The number of carbonyl (C=O) groups is 1. The molecular formula is C21H12Cl2FN3O2S. The molecule has 1 heterocycles. The van der Waals surface area contributed by atoms with Crippen LogP contribution in [0.25, 0.3) is 22.6 Å². The molecule has 0 saturated carbocycles. The van der Waals surface area contributed by atoms with E-state index in [2.05, 4.69) is 15.6 Å². The number of halogens is 3. The molecule has 0 aliphatic carbocycles. The molecule has 9 heteroatoms. The van der Waals surface area contributed by atoms with Gasteiger partial charge in [-0.15, -0.1) is 0 Å². The van der Waals surface area contributed by atoms with Gasteiger partial charge in [0.05, 0.1) is 10.6 Å². The number of benzene rings is 3. The predicted octanol–water partition coefficient (Wildman–Crippen LogP) is 6.07. The van der Waals surface area contributed by atoms with Crippen LogP contribution in [0.2, 0.25) is 10.0 Å². The number of hydrogen-bond donors (Lipinski definition) is 2. The fourth-order valence-electron chi connectivity index (χ4n) is 2.72. The number of rotatable bonds is 3. The van der Waals surface area contributed by atoms with Crippen molar-refractivity contribution in [3.63, 3.8) is 0 Å². The highest BCUT2D eigenvalue weighted by atomic mass is 35.5. The molecule has 4 aromatic rings. The SMILES string of the molecule is O=C(NC(=S)Nc1ccc2oc(-c3cc(Cl)ccc3Cl)nc2c1)c1ccc(F)cc1. The van der Waals surface area contributed by atoms with Crippen molar-refractivity contribution in [2.45, 2.75) is 0 Å². The van der Waals surface area contributed by atoms with Gasteiger partial charge < -0.3 is 9.73 Å².